The van der Waals surface area contributed by atoms with E-state index < -0.39 is 0 Å². The molecule has 0 atom stereocenters. The van der Waals surface area contributed by atoms with Crippen LogP contribution < -0.4 is 5.73 Å². The molecule has 2 aromatic rings. The molecule has 0 spiro atoms. The summed E-state index contributed by atoms with van der Waals surface area (Å²) in [6.45, 7) is 1.50. The Balaban J connectivity index is 2.22. The fourth-order valence-corrected chi connectivity index (χ4v) is 1.53. The second-order valence-electron chi connectivity index (χ2n) is 4.12. The molecule has 2 N–H and O–H groups in total. The van der Waals surface area contributed by atoms with Crippen LogP contribution in [0.2, 0.25) is 0 Å². The van der Waals surface area contributed by atoms with Gasteiger partial charge in [0.1, 0.15) is 0 Å². The lowest BCUT2D eigenvalue weighted by Gasteiger charge is -2.05. The summed E-state index contributed by atoms with van der Waals surface area (Å²) in [5.41, 5.74) is 7.54. The Kier molecular flexibility index (Phi) is 3.17. The molecule has 0 fully saturated rings. The molecule has 0 unspecified atom stereocenters. The van der Waals surface area contributed by atoms with Crippen molar-refractivity contribution in [3.63, 3.8) is 0 Å². The minimum Gasteiger partial charge on any atom is -0.326 e. The van der Waals surface area contributed by atoms with Crippen molar-refractivity contribution in [2.75, 3.05) is 20.6 Å². The number of rotatable bonds is 4. The van der Waals surface area contributed by atoms with Crippen LogP contribution in [-0.4, -0.2) is 40.1 Å². The van der Waals surface area contributed by atoms with Gasteiger partial charge in [0, 0.05) is 25.7 Å². The summed E-state index contributed by atoms with van der Waals surface area (Å²) in [7, 11) is 4.09. The maximum atomic E-state index is 5.58. The van der Waals surface area contributed by atoms with E-state index in [4.69, 9.17) is 5.73 Å². The number of aromatic nitrogens is 3. The topological polar surface area (TPSA) is 59.5 Å². The minimum atomic E-state index is 0.538. The summed E-state index contributed by atoms with van der Waals surface area (Å²) >= 11 is 0. The van der Waals surface area contributed by atoms with Crippen molar-refractivity contribution >= 4 is 5.65 Å². The predicted molar refractivity (Wildman–Crippen MR) is 63.1 cm³/mol. The number of fused-ring (bicyclic) bond motifs is 1. The molecule has 0 saturated carbocycles. The van der Waals surface area contributed by atoms with E-state index in [0.29, 0.717) is 6.54 Å². The highest BCUT2D eigenvalue weighted by Crippen LogP contribution is 2.05. The zero-order valence-corrected chi connectivity index (χ0v) is 9.72. The SMILES string of the molecule is CN(C)CCc1nc2cc(CN)ccn2n1. The summed E-state index contributed by atoms with van der Waals surface area (Å²) in [5.74, 6) is 0.878. The van der Waals surface area contributed by atoms with E-state index in [1.807, 2.05) is 32.4 Å². The van der Waals surface area contributed by atoms with E-state index >= 15 is 0 Å². The number of hydrogen-bond acceptors (Lipinski definition) is 4. The molecule has 2 rings (SSSR count). The van der Waals surface area contributed by atoms with E-state index in [9.17, 15) is 0 Å². The van der Waals surface area contributed by atoms with Crippen LogP contribution in [0, 0.1) is 0 Å². The molecule has 0 radical (unpaired) electrons. The molecule has 0 aliphatic heterocycles. The van der Waals surface area contributed by atoms with Gasteiger partial charge in [-0.3, -0.25) is 0 Å². The number of pyridine rings is 1. The van der Waals surface area contributed by atoms with Crippen LogP contribution in [0.4, 0.5) is 0 Å². The molecule has 0 saturated heterocycles. The van der Waals surface area contributed by atoms with Gasteiger partial charge in [0.05, 0.1) is 0 Å². The molecule has 16 heavy (non-hydrogen) atoms. The Morgan fingerprint density at radius 3 is 2.94 bits per heavy atom. The standard InChI is InChI=1S/C11H17N5/c1-15(2)5-4-10-13-11-7-9(8-12)3-6-16(11)14-10/h3,6-7H,4-5,8,12H2,1-2H3. The fraction of sp³-hybridized carbons (Fsp3) is 0.455. The zero-order chi connectivity index (χ0) is 11.5. The Bertz CT molecular complexity index is 474. The van der Waals surface area contributed by atoms with Crippen molar-refractivity contribution in [3.05, 3.63) is 29.7 Å². The second-order valence-corrected chi connectivity index (χ2v) is 4.12. The van der Waals surface area contributed by atoms with Crippen molar-refractivity contribution < 1.29 is 0 Å². The highest BCUT2D eigenvalue weighted by molar-refractivity contribution is 5.40. The van der Waals surface area contributed by atoms with Gasteiger partial charge in [-0.15, -0.1) is 0 Å². The first kappa shape index (κ1) is 11.0. The van der Waals surface area contributed by atoms with Gasteiger partial charge >= 0.3 is 0 Å². The van der Waals surface area contributed by atoms with Gasteiger partial charge < -0.3 is 10.6 Å². The molecule has 0 aromatic carbocycles. The third kappa shape index (κ3) is 2.37. The monoisotopic (exact) mass is 219 g/mol. The minimum absolute atomic E-state index is 0.538. The summed E-state index contributed by atoms with van der Waals surface area (Å²) in [6, 6.07) is 3.95. The third-order valence-corrected chi connectivity index (χ3v) is 2.46. The molecule has 86 valence electrons. The van der Waals surface area contributed by atoms with Gasteiger partial charge in [-0.2, -0.15) is 5.10 Å². The first-order valence-corrected chi connectivity index (χ1v) is 5.38. The van der Waals surface area contributed by atoms with Crippen LogP contribution in [0.15, 0.2) is 18.3 Å². The van der Waals surface area contributed by atoms with Gasteiger partial charge in [0.2, 0.25) is 0 Å². The number of hydrogen-bond donors (Lipinski definition) is 1. The number of likely N-dealkylation sites (N-methyl/N-ethyl adjacent to an activating group) is 1. The average Bonchev–Trinajstić information content (AvgIpc) is 2.67. The largest absolute Gasteiger partial charge is 0.326 e. The molecule has 5 heteroatoms. The van der Waals surface area contributed by atoms with Crippen molar-refractivity contribution in [2.24, 2.45) is 5.73 Å². The van der Waals surface area contributed by atoms with E-state index in [1.54, 1.807) is 4.52 Å². The van der Waals surface area contributed by atoms with E-state index in [0.717, 1.165) is 30.0 Å². The Morgan fingerprint density at radius 1 is 1.44 bits per heavy atom. The van der Waals surface area contributed by atoms with Crippen LogP contribution in [0.3, 0.4) is 0 Å². The summed E-state index contributed by atoms with van der Waals surface area (Å²) in [4.78, 5) is 6.58. The molecule has 0 aliphatic carbocycles. The maximum absolute atomic E-state index is 5.58. The third-order valence-electron chi connectivity index (χ3n) is 2.46. The molecule has 5 nitrogen and oxygen atoms in total. The van der Waals surface area contributed by atoms with Gasteiger partial charge in [-0.25, -0.2) is 9.50 Å². The second kappa shape index (κ2) is 4.59. The lowest BCUT2D eigenvalue weighted by Crippen LogP contribution is -2.15. The van der Waals surface area contributed by atoms with Gasteiger partial charge in [-0.1, -0.05) is 0 Å². The lowest BCUT2D eigenvalue weighted by atomic mass is 10.3. The molecular weight excluding hydrogens is 202 g/mol. The fourth-order valence-electron chi connectivity index (χ4n) is 1.53. The van der Waals surface area contributed by atoms with Crippen molar-refractivity contribution in [2.45, 2.75) is 13.0 Å². The van der Waals surface area contributed by atoms with Crippen LogP contribution in [0.1, 0.15) is 11.4 Å². The van der Waals surface area contributed by atoms with E-state index in [-0.39, 0.29) is 0 Å². The van der Waals surface area contributed by atoms with Crippen LogP contribution >= 0.6 is 0 Å². The first-order valence-electron chi connectivity index (χ1n) is 5.38. The Hall–Kier alpha value is -1.46. The van der Waals surface area contributed by atoms with Gasteiger partial charge in [0.15, 0.2) is 11.5 Å². The predicted octanol–water partition coefficient (Wildman–Crippen LogP) is 0.292. The molecule has 2 aromatic heterocycles. The first-order chi connectivity index (χ1) is 7.69. The smallest absolute Gasteiger partial charge is 0.155 e. The normalized spacial score (nSPS) is 11.5. The van der Waals surface area contributed by atoms with Crippen molar-refractivity contribution in [1.82, 2.24) is 19.5 Å². The van der Waals surface area contributed by atoms with Crippen molar-refractivity contribution in [1.29, 1.82) is 0 Å². The van der Waals surface area contributed by atoms with Gasteiger partial charge in [-0.05, 0) is 31.8 Å². The zero-order valence-electron chi connectivity index (χ0n) is 9.72. The lowest BCUT2D eigenvalue weighted by molar-refractivity contribution is 0.409. The molecule has 0 aliphatic rings. The van der Waals surface area contributed by atoms with Crippen LogP contribution in [0.5, 0.6) is 0 Å². The van der Waals surface area contributed by atoms with Crippen LogP contribution in [0.25, 0.3) is 5.65 Å². The van der Waals surface area contributed by atoms with E-state index in [2.05, 4.69) is 15.0 Å². The Morgan fingerprint density at radius 2 is 2.25 bits per heavy atom. The quantitative estimate of drug-likeness (QED) is 0.803. The maximum Gasteiger partial charge on any atom is 0.155 e. The summed E-state index contributed by atoms with van der Waals surface area (Å²) in [6.07, 6.45) is 2.77. The van der Waals surface area contributed by atoms with Crippen LogP contribution in [-0.2, 0) is 13.0 Å². The molecule has 0 amide bonds. The highest BCUT2D eigenvalue weighted by atomic mass is 15.3. The van der Waals surface area contributed by atoms with E-state index in [1.165, 1.54) is 0 Å². The average molecular weight is 219 g/mol. The summed E-state index contributed by atoms with van der Waals surface area (Å²) < 4.78 is 1.80. The summed E-state index contributed by atoms with van der Waals surface area (Å²) in [5, 5.41) is 4.40. The molecular formula is C11H17N5. The highest BCUT2D eigenvalue weighted by Gasteiger charge is 2.04. The number of nitrogens with zero attached hydrogens (tertiary/aromatic N) is 4. The molecule has 2 heterocycles. The molecule has 0 bridgehead atoms. The van der Waals surface area contributed by atoms with Gasteiger partial charge in [0.25, 0.3) is 0 Å². The van der Waals surface area contributed by atoms with Crippen molar-refractivity contribution in [3.8, 4) is 0 Å². The number of nitrogens with two attached hydrogens (primary N) is 1. The Labute approximate surface area is 94.9 Å².